The average molecular weight is 691 g/mol. The number of nitrogens with one attached hydrogen (secondary N) is 2. The van der Waals surface area contributed by atoms with Crippen LogP contribution in [0.2, 0.25) is 0 Å². The van der Waals surface area contributed by atoms with Crippen LogP contribution in [-0.2, 0) is 19.1 Å². The van der Waals surface area contributed by atoms with Gasteiger partial charge in [-0.15, -0.1) is 6.58 Å². The minimum atomic E-state index is -0.874. The number of benzene rings is 4. The Hall–Kier alpha value is -4.86. The van der Waals surface area contributed by atoms with Gasteiger partial charge in [-0.25, -0.2) is 4.79 Å². The van der Waals surface area contributed by atoms with Crippen molar-refractivity contribution in [2.75, 3.05) is 26.9 Å². The molecular weight excluding hydrogens is 642 g/mol. The van der Waals surface area contributed by atoms with Gasteiger partial charge in [0.1, 0.15) is 30.2 Å². The summed E-state index contributed by atoms with van der Waals surface area (Å²) in [4.78, 5) is 38.3. The lowest BCUT2D eigenvalue weighted by Crippen LogP contribution is -3.00. The third-order valence-corrected chi connectivity index (χ3v) is 8.04. The average Bonchev–Trinajstić information content (AvgIpc) is 3.11. The van der Waals surface area contributed by atoms with Gasteiger partial charge in [-0.2, -0.15) is 0 Å². The molecule has 0 radical (unpaired) electrons. The highest BCUT2D eigenvalue weighted by Crippen LogP contribution is 2.45. The van der Waals surface area contributed by atoms with Crippen molar-refractivity contribution in [2.24, 2.45) is 0 Å². The maximum Gasteiger partial charge on any atom is 0.328 e. The van der Waals surface area contributed by atoms with E-state index >= 15 is 0 Å². The fourth-order valence-electron chi connectivity index (χ4n) is 5.68. The van der Waals surface area contributed by atoms with Gasteiger partial charge in [-0.1, -0.05) is 79.4 Å². The number of carbonyl (C=O) groups excluding carboxylic acids is 3. The third-order valence-electron chi connectivity index (χ3n) is 8.04. The predicted molar refractivity (Wildman–Crippen MR) is 192 cm³/mol. The Kier molecular flexibility index (Phi) is 15.6. The van der Waals surface area contributed by atoms with E-state index in [4.69, 9.17) is 14.2 Å². The van der Waals surface area contributed by atoms with Gasteiger partial charge in [-0.05, 0) is 65.8 Å². The van der Waals surface area contributed by atoms with Crippen LogP contribution in [0, 0.1) is 0 Å². The summed E-state index contributed by atoms with van der Waals surface area (Å²) in [6.07, 6.45) is 5.98. The Bertz CT molecular complexity index is 1750. The summed E-state index contributed by atoms with van der Waals surface area (Å²) in [6, 6.07) is 22.7. The first-order valence-corrected chi connectivity index (χ1v) is 16.4. The molecule has 2 amide bonds. The van der Waals surface area contributed by atoms with Gasteiger partial charge in [0.15, 0.2) is 0 Å². The van der Waals surface area contributed by atoms with E-state index in [0.717, 1.165) is 51.4 Å². The van der Waals surface area contributed by atoms with Crippen LogP contribution >= 0.6 is 0 Å². The van der Waals surface area contributed by atoms with E-state index in [1.54, 1.807) is 6.08 Å². The molecule has 0 bridgehead atoms. The van der Waals surface area contributed by atoms with E-state index in [9.17, 15) is 14.4 Å². The van der Waals surface area contributed by atoms with Crippen LogP contribution in [0.4, 0.5) is 0 Å². The van der Waals surface area contributed by atoms with Crippen LogP contribution in [0.25, 0.3) is 32.7 Å². The molecule has 0 aromatic heterocycles. The number of methoxy groups -OCH3 is 1. The summed E-state index contributed by atoms with van der Waals surface area (Å²) >= 11 is 0. The van der Waals surface area contributed by atoms with Crippen LogP contribution in [0.3, 0.4) is 0 Å². The molecule has 5 N–H and O–H groups in total. The Balaban J connectivity index is 0.00000433. The fraction of sp³-hybridized carbons (Fsp3) is 0.308. The van der Waals surface area contributed by atoms with Crippen LogP contribution in [0.1, 0.15) is 40.0 Å². The third kappa shape index (κ3) is 10.3. The quantitative estimate of drug-likeness (QED) is 0.0789. The van der Waals surface area contributed by atoms with Crippen molar-refractivity contribution >= 4 is 39.3 Å². The summed E-state index contributed by atoms with van der Waals surface area (Å²) in [7, 11) is 1.26. The zero-order chi connectivity index (χ0) is 34.3. The number of hydrogen-bond acceptors (Lipinski definition) is 6. The Labute approximate surface area is 295 Å². The van der Waals surface area contributed by atoms with Gasteiger partial charge >= 0.3 is 5.97 Å². The van der Waals surface area contributed by atoms with Crippen molar-refractivity contribution in [3.63, 3.8) is 0 Å². The number of esters is 1. The normalized spacial score (nSPS) is 11.9. The molecule has 2 atom stereocenters. The minimum absolute atomic E-state index is 0. The molecular formula is C39H48ClN3O6. The predicted octanol–water partition coefficient (Wildman–Crippen LogP) is 2.76. The van der Waals surface area contributed by atoms with Crippen molar-refractivity contribution in [1.29, 1.82) is 0 Å². The van der Waals surface area contributed by atoms with Crippen LogP contribution < -0.4 is 38.2 Å². The lowest BCUT2D eigenvalue weighted by molar-refractivity contribution is -0.368. The number of carbonyl (C=O) groups is 3. The molecule has 49 heavy (non-hydrogen) atoms. The van der Waals surface area contributed by atoms with E-state index in [0.29, 0.717) is 31.6 Å². The lowest BCUT2D eigenvalue weighted by atomic mass is 9.92. The molecule has 0 spiro atoms. The summed E-state index contributed by atoms with van der Waals surface area (Å²) in [5.41, 5.74) is 5.70. The number of hydrogen-bond donors (Lipinski definition) is 3. The maximum absolute atomic E-state index is 13.1. The first-order chi connectivity index (χ1) is 23.4. The smallest absolute Gasteiger partial charge is 0.328 e. The number of fused-ring (bicyclic) bond motifs is 2. The number of quaternary nitrogens is 1. The summed E-state index contributed by atoms with van der Waals surface area (Å²) in [6.45, 7) is 8.82. The highest BCUT2D eigenvalue weighted by atomic mass is 35.5. The van der Waals surface area contributed by atoms with Gasteiger partial charge in [0.25, 0.3) is 0 Å². The van der Waals surface area contributed by atoms with E-state index in [1.807, 2.05) is 48.5 Å². The molecule has 262 valence electrons. The molecule has 0 fully saturated rings. The summed E-state index contributed by atoms with van der Waals surface area (Å²) < 4.78 is 17.4. The van der Waals surface area contributed by atoms with Gasteiger partial charge in [0.05, 0.1) is 20.3 Å². The van der Waals surface area contributed by atoms with Crippen molar-refractivity contribution in [3.05, 3.63) is 98.1 Å². The lowest BCUT2D eigenvalue weighted by Gasteiger charge is -2.22. The second kappa shape index (κ2) is 19.8. The van der Waals surface area contributed by atoms with Crippen molar-refractivity contribution in [1.82, 2.24) is 10.6 Å². The SMILES string of the molecule is C=CCOc1ccc2ccccc2c1-c1c(OCCCC(=O)N[C@H](CCCC[NH3+])C(=O)N[C@@H](CC=C)C(=O)OC)ccc2ccccc12.[2HH].[Cl-]. The zero-order valence-electron chi connectivity index (χ0n) is 28.1. The van der Waals surface area contributed by atoms with E-state index in [2.05, 4.69) is 53.8 Å². The zero-order valence-corrected chi connectivity index (χ0v) is 28.8. The van der Waals surface area contributed by atoms with Crippen molar-refractivity contribution in [2.45, 2.75) is 50.6 Å². The molecule has 4 rings (SSSR count). The van der Waals surface area contributed by atoms with E-state index in [-0.39, 0.29) is 39.2 Å². The van der Waals surface area contributed by atoms with Crippen molar-refractivity contribution < 1.29 is 48.2 Å². The highest BCUT2D eigenvalue weighted by Gasteiger charge is 2.26. The monoisotopic (exact) mass is 690 g/mol. The molecule has 0 aliphatic rings. The molecule has 0 saturated carbocycles. The molecule has 10 heteroatoms. The Morgan fingerprint density at radius 1 is 0.796 bits per heavy atom. The van der Waals surface area contributed by atoms with Gasteiger partial charge in [0.2, 0.25) is 11.8 Å². The molecule has 0 unspecified atom stereocenters. The second-order valence-electron chi connectivity index (χ2n) is 11.4. The van der Waals surface area contributed by atoms with Gasteiger partial charge in [-0.3, -0.25) is 9.59 Å². The number of unbranched alkanes of at least 4 members (excludes halogenated alkanes) is 1. The highest BCUT2D eigenvalue weighted by molar-refractivity contribution is 6.09. The number of halogens is 1. The first-order valence-electron chi connectivity index (χ1n) is 16.4. The van der Waals surface area contributed by atoms with E-state index in [1.165, 1.54) is 13.2 Å². The largest absolute Gasteiger partial charge is 1.00 e. The molecule has 0 aliphatic heterocycles. The Morgan fingerprint density at radius 3 is 1.98 bits per heavy atom. The number of amides is 2. The molecule has 0 heterocycles. The maximum atomic E-state index is 13.1. The minimum Gasteiger partial charge on any atom is -1.00 e. The number of ether oxygens (including phenoxy) is 3. The second-order valence-corrected chi connectivity index (χ2v) is 11.4. The number of rotatable bonds is 19. The van der Waals surface area contributed by atoms with Gasteiger partial charge in [0, 0.05) is 19.0 Å². The standard InChI is InChI=1S/C39H45N3O6.ClH.H2/c1-4-13-32(39(45)46-3)42-38(44)31(18-10-11-24-40)41-35(43)19-12-26-48-34-23-21-28-15-7-9-17-30(28)37(34)36-29-16-8-6-14-27(29)20-22-33(36)47-25-5-2;;/h4-9,14-17,20-23,31-32H,1-2,10-13,18-19,24-26,40H2,3H3,(H,41,43)(H,42,44);2*1H/t31-,32+;;/m1../s1/i;;1+1. The fourth-order valence-corrected chi connectivity index (χ4v) is 5.68. The van der Waals surface area contributed by atoms with Crippen LogP contribution in [0.15, 0.2) is 98.1 Å². The summed E-state index contributed by atoms with van der Waals surface area (Å²) in [5, 5.41) is 9.75. The molecule has 9 nitrogen and oxygen atoms in total. The van der Waals surface area contributed by atoms with Crippen molar-refractivity contribution in [3.8, 4) is 22.6 Å². The summed E-state index contributed by atoms with van der Waals surface area (Å²) in [5.74, 6) is 0.111. The molecule has 4 aromatic carbocycles. The molecule has 0 aliphatic carbocycles. The van der Waals surface area contributed by atoms with E-state index < -0.39 is 24.0 Å². The van der Waals surface area contributed by atoms with Gasteiger partial charge < -0.3 is 43.0 Å². The Morgan fingerprint density at radius 2 is 1.41 bits per heavy atom. The van der Waals surface area contributed by atoms with Crippen LogP contribution in [0.5, 0.6) is 11.5 Å². The van der Waals surface area contributed by atoms with Crippen LogP contribution in [-0.4, -0.2) is 56.7 Å². The molecule has 0 saturated heterocycles. The topological polar surface area (TPSA) is 131 Å². The molecule has 4 aromatic rings. The first kappa shape index (κ1) is 38.6.